The Balaban J connectivity index is 1.11. The molecule has 2 atom stereocenters. The van der Waals surface area contributed by atoms with Crippen LogP contribution in [-0.2, 0) is 12.8 Å². The molecule has 6 rings (SSSR count). The highest BCUT2D eigenvalue weighted by molar-refractivity contribution is 5.88. The summed E-state index contributed by atoms with van der Waals surface area (Å²) in [6.45, 7) is 4.10. The van der Waals surface area contributed by atoms with E-state index in [2.05, 4.69) is 21.4 Å². The highest BCUT2D eigenvalue weighted by atomic mass is 19.1. The van der Waals surface area contributed by atoms with Gasteiger partial charge in [0.25, 0.3) is 0 Å². The number of H-pyrrole nitrogens is 1. The van der Waals surface area contributed by atoms with Gasteiger partial charge in [0.05, 0.1) is 5.52 Å². The fourth-order valence-corrected chi connectivity index (χ4v) is 5.10. The number of nitrogens with one attached hydrogen (secondary N) is 2. The van der Waals surface area contributed by atoms with E-state index in [4.69, 9.17) is 9.47 Å². The second-order valence-electron chi connectivity index (χ2n) is 8.97. The van der Waals surface area contributed by atoms with E-state index in [0.29, 0.717) is 19.1 Å². The van der Waals surface area contributed by atoms with E-state index >= 15 is 0 Å². The van der Waals surface area contributed by atoms with E-state index in [9.17, 15) is 4.39 Å². The van der Waals surface area contributed by atoms with Crippen LogP contribution in [0.5, 0.6) is 11.5 Å². The van der Waals surface area contributed by atoms with Crippen LogP contribution in [0.3, 0.4) is 0 Å². The quantitative estimate of drug-likeness (QED) is 0.492. The molecule has 0 bridgehead atoms. The molecular weight excluding hydrogens is 405 g/mol. The minimum absolute atomic E-state index is 0.0564. The monoisotopic (exact) mass is 431 g/mol. The maximum Gasteiger partial charge on any atom is 0.171 e. The first kappa shape index (κ1) is 19.6. The lowest BCUT2D eigenvalue weighted by Gasteiger charge is -2.29. The molecule has 32 heavy (non-hydrogen) atoms. The Labute approximate surface area is 185 Å². The van der Waals surface area contributed by atoms with Crippen molar-refractivity contribution >= 4 is 21.8 Å². The van der Waals surface area contributed by atoms with Gasteiger partial charge in [-0.2, -0.15) is 0 Å². The van der Waals surface area contributed by atoms with Crippen LogP contribution >= 0.6 is 0 Å². The SMILES string of the molecule is Cc1ccc2c3c(ccc2n1)OC[C@H](CNCC1CCc2[nH]c4cccc(F)c4c2C1)O3. The number of aryl methyl sites for hydroxylation is 2. The van der Waals surface area contributed by atoms with Gasteiger partial charge in [0.2, 0.25) is 0 Å². The molecule has 1 aliphatic carbocycles. The Morgan fingerprint density at radius 3 is 3.03 bits per heavy atom. The summed E-state index contributed by atoms with van der Waals surface area (Å²) in [6, 6.07) is 13.2. The van der Waals surface area contributed by atoms with Crippen LogP contribution in [0.1, 0.15) is 23.4 Å². The minimum Gasteiger partial charge on any atom is -0.486 e. The lowest BCUT2D eigenvalue weighted by molar-refractivity contribution is 0.0915. The molecule has 164 valence electrons. The first-order chi connectivity index (χ1) is 15.7. The number of hydrogen-bond acceptors (Lipinski definition) is 4. The molecule has 0 amide bonds. The van der Waals surface area contributed by atoms with Crippen LogP contribution in [-0.4, -0.2) is 35.8 Å². The third kappa shape index (κ3) is 3.39. The van der Waals surface area contributed by atoms with Gasteiger partial charge >= 0.3 is 0 Å². The fourth-order valence-electron chi connectivity index (χ4n) is 5.10. The van der Waals surface area contributed by atoms with Crippen molar-refractivity contribution in [3.8, 4) is 11.5 Å². The van der Waals surface area contributed by atoms with Crippen molar-refractivity contribution < 1.29 is 13.9 Å². The topological polar surface area (TPSA) is 59.2 Å². The maximum atomic E-state index is 14.4. The third-order valence-electron chi connectivity index (χ3n) is 6.70. The van der Waals surface area contributed by atoms with Gasteiger partial charge in [-0.3, -0.25) is 4.98 Å². The van der Waals surface area contributed by atoms with E-state index in [-0.39, 0.29) is 11.9 Å². The second kappa shape index (κ2) is 7.78. The van der Waals surface area contributed by atoms with Gasteiger partial charge in [-0.1, -0.05) is 6.07 Å². The number of fused-ring (bicyclic) bond motifs is 6. The molecule has 3 heterocycles. The normalized spacial score (nSPS) is 19.9. The zero-order valence-corrected chi connectivity index (χ0v) is 18.1. The first-order valence-electron chi connectivity index (χ1n) is 11.3. The third-order valence-corrected chi connectivity index (χ3v) is 6.70. The van der Waals surface area contributed by atoms with Crippen molar-refractivity contribution in [2.75, 3.05) is 19.7 Å². The van der Waals surface area contributed by atoms with E-state index in [0.717, 1.165) is 70.4 Å². The summed E-state index contributed by atoms with van der Waals surface area (Å²) in [7, 11) is 0. The average Bonchev–Trinajstić information content (AvgIpc) is 3.18. The number of aromatic amines is 1. The van der Waals surface area contributed by atoms with Gasteiger partial charge in [0.15, 0.2) is 11.5 Å². The molecule has 2 aromatic heterocycles. The van der Waals surface area contributed by atoms with Gasteiger partial charge in [0.1, 0.15) is 18.5 Å². The molecule has 2 aromatic carbocycles. The lowest BCUT2D eigenvalue weighted by Crippen LogP contribution is -2.40. The van der Waals surface area contributed by atoms with E-state index in [1.54, 1.807) is 12.1 Å². The maximum absolute atomic E-state index is 14.4. The molecule has 2 N–H and O–H groups in total. The molecule has 0 saturated carbocycles. The molecule has 1 aliphatic heterocycles. The smallest absolute Gasteiger partial charge is 0.171 e. The molecule has 0 radical (unpaired) electrons. The number of pyridine rings is 1. The molecule has 2 aliphatic rings. The Morgan fingerprint density at radius 1 is 1.16 bits per heavy atom. The predicted octanol–water partition coefficient (Wildman–Crippen LogP) is 4.70. The summed E-state index contributed by atoms with van der Waals surface area (Å²) in [6.07, 6.45) is 2.89. The van der Waals surface area contributed by atoms with Crippen molar-refractivity contribution in [1.82, 2.24) is 15.3 Å². The predicted molar refractivity (Wildman–Crippen MR) is 123 cm³/mol. The molecule has 4 aromatic rings. The average molecular weight is 432 g/mol. The summed E-state index contributed by atoms with van der Waals surface area (Å²) >= 11 is 0. The van der Waals surface area contributed by atoms with Gasteiger partial charge in [-0.05, 0) is 80.6 Å². The minimum atomic E-state index is -0.128. The zero-order chi connectivity index (χ0) is 21.7. The number of aromatic nitrogens is 2. The van der Waals surface area contributed by atoms with E-state index in [1.807, 2.05) is 31.2 Å². The van der Waals surface area contributed by atoms with Crippen LogP contribution in [0.15, 0.2) is 42.5 Å². The number of benzene rings is 2. The van der Waals surface area contributed by atoms with Gasteiger partial charge in [-0.15, -0.1) is 0 Å². The molecule has 0 saturated heterocycles. The second-order valence-corrected chi connectivity index (χ2v) is 8.97. The number of nitrogens with zero attached hydrogens (tertiary/aromatic N) is 1. The summed E-state index contributed by atoms with van der Waals surface area (Å²) in [5.74, 6) is 1.91. The largest absolute Gasteiger partial charge is 0.486 e. The molecular formula is C26H26FN3O2. The van der Waals surface area contributed by atoms with Gasteiger partial charge < -0.3 is 19.8 Å². The first-order valence-corrected chi connectivity index (χ1v) is 11.3. The number of ether oxygens (including phenoxy) is 2. The van der Waals surface area contributed by atoms with Crippen molar-refractivity contribution in [3.05, 3.63) is 65.2 Å². The molecule has 0 fully saturated rings. The lowest BCUT2D eigenvalue weighted by atomic mass is 9.86. The Kier molecular flexibility index (Phi) is 4.76. The van der Waals surface area contributed by atoms with E-state index in [1.165, 1.54) is 5.69 Å². The van der Waals surface area contributed by atoms with Crippen molar-refractivity contribution in [2.24, 2.45) is 5.92 Å². The Morgan fingerprint density at radius 2 is 2.09 bits per heavy atom. The van der Waals surface area contributed by atoms with Crippen LogP contribution in [0, 0.1) is 18.7 Å². The highest BCUT2D eigenvalue weighted by Crippen LogP contribution is 2.38. The summed E-state index contributed by atoms with van der Waals surface area (Å²) in [4.78, 5) is 8.00. The van der Waals surface area contributed by atoms with Gasteiger partial charge in [0, 0.05) is 34.2 Å². The Bertz CT molecular complexity index is 1320. The summed E-state index contributed by atoms with van der Waals surface area (Å²) in [5, 5.41) is 5.33. The van der Waals surface area contributed by atoms with Crippen molar-refractivity contribution in [1.29, 1.82) is 0 Å². The Hall–Kier alpha value is -3.12. The number of halogens is 1. The van der Waals surface area contributed by atoms with Crippen molar-refractivity contribution in [2.45, 2.75) is 32.3 Å². The number of hydrogen-bond donors (Lipinski definition) is 2. The standard InChI is InChI=1S/C26H26FN3O2/c1-15-5-7-18-21(29-15)9-10-24-26(18)32-17(14-31-24)13-28-12-16-6-8-22-19(11-16)25-20(27)3-2-4-23(25)30-22/h2-5,7,9-10,16-17,28,30H,6,8,11-14H2,1H3/t16?,17-/m0/s1. The number of rotatable bonds is 4. The van der Waals surface area contributed by atoms with E-state index < -0.39 is 0 Å². The molecule has 0 spiro atoms. The fraction of sp³-hybridized carbons (Fsp3) is 0.346. The summed E-state index contributed by atoms with van der Waals surface area (Å²) in [5.41, 5.74) is 5.16. The van der Waals surface area contributed by atoms with Crippen molar-refractivity contribution in [3.63, 3.8) is 0 Å². The molecule has 5 nitrogen and oxygen atoms in total. The van der Waals surface area contributed by atoms with Gasteiger partial charge in [-0.25, -0.2) is 4.39 Å². The highest BCUT2D eigenvalue weighted by Gasteiger charge is 2.26. The van der Waals surface area contributed by atoms with Crippen LogP contribution < -0.4 is 14.8 Å². The summed E-state index contributed by atoms with van der Waals surface area (Å²) < 4.78 is 26.7. The van der Waals surface area contributed by atoms with Crippen LogP contribution in [0.2, 0.25) is 0 Å². The van der Waals surface area contributed by atoms with Crippen LogP contribution in [0.25, 0.3) is 21.8 Å². The zero-order valence-electron chi connectivity index (χ0n) is 18.1. The van der Waals surface area contributed by atoms with Crippen LogP contribution in [0.4, 0.5) is 4.39 Å². The molecule has 6 heteroatoms. The molecule has 1 unspecified atom stereocenters.